The van der Waals surface area contributed by atoms with Crippen molar-refractivity contribution in [3.05, 3.63) is 48.9 Å². The minimum atomic E-state index is 0.0573. The number of benzene rings is 1. The highest BCUT2D eigenvalue weighted by atomic mass is 127. The Hall–Kier alpha value is -0.460. The number of aromatic nitrogens is 1. The van der Waals surface area contributed by atoms with E-state index >= 15 is 0 Å². The lowest BCUT2D eigenvalue weighted by Gasteiger charge is -2.02. The molecule has 0 radical (unpaired) electrons. The van der Waals surface area contributed by atoms with E-state index in [4.69, 9.17) is 11.6 Å². The molecule has 5 heteroatoms. The van der Waals surface area contributed by atoms with Gasteiger partial charge in [-0.25, -0.2) is 4.98 Å². The summed E-state index contributed by atoms with van der Waals surface area (Å²) in [5, 5.41) is 3.29. The molecule has 0 aliphatic heterocycles. The van der Waals surface area contributed by atoms with Crippen LogP contribution in [0.5, 0.6) is 0 Å². The molecule has 82 valence electrons. The Kier molecular flexibility index (Phi) is 3.94. The zero-order valence-corrected chi connectivity index (χ0v) is 11.8. The van der Waals surface area contributed by atoms with Crippen LogP contribution in [-0.2, 0) is 6.42 Å². The molecule has 1 heterocycles. The molecule has 2 nitrogen and oxygen atoms in total. The van der Waals surface area contributed by atoms with Crippen molar-refractivity contribution in [3.8, 4) is 0 Å². The standard InChI is InChI=1S/C11H7ClINOS/c12-7-1-2-9(13)8(5-7)10(15)6-11-14-3-4-16-11/h1-5H,6H2. The highest BCUT2D eigenvalue weighted by molar-refractivity contribution is 14.1. The van der Waals surface area contributed by atoms with Crippen LogP contribution in [0, 0.1) is 3.57 Å². The largest absolute Gasteiger partial charge is 0.294 e. The molecule has 0 aliphatic rings. The van der Waals surface area contributed by atoms with Gasteiger partial charge >= 0.3 is 0 Å². The van der Waals surface area contributed by atoms with Crippen LogP contribution in [0.25, 0.3) is 0 Å². The predicted octanol–water partition coefficient (Wildman–Crippen LogP) is 3.83. The molecule has 0 fully saturated rings. The lowest BCUT2D eigenvalue weighted by molar-refractivity contribution is 0.0992. The van der Waals surface area contributed by atoms with Gasteiger partial charge in [0.2, 0.25) is 0 Å². The first kappa shape index (κ1) is 12.0. The molecule has 2 aromatic rings. The fourth-order valence-corrected chi connectivity index (χ4v) is 2.71. The zero-order chi connectivity index (χ0) is 11.5. The molecular formula is C11H7ClINOS. The van der Waals surface area contributed by atoms with Gasteiger partial charge in [0.15, 0.2) is 5.78 Å². The topological polar surface area (TPSA) is 30.0 Å². The van der Waals surface area contributed by atoms with Gasteiger partial charge in [-0.05, 0) is 40.8 Å². The van der Waals surface area contributed by atoms with Gasteiger partial charge in [-0.3, -0.25) is 4.79 Å². The number of Topliss-reactive ketones (excluding diaryl/α,β-unsaturated/α-hetero) is 1. The van der Waals surface area contributed by atoms with E-state index in [9.17, 15) is 4.79 Å². The normalized spacial score (nSPS) is 10.4. The first-order valence-electron chi connectivity index (χ1n) is 4.53. The van der Waals surface area contributed by atoms with E-state index in [1.165, 1.54) is 11.3 Å². The average molecular weight is 364 g/mol. The van der Waals surface area contributed by atoms with Crippen molar-refractivity contribution in [2.45, 2.75) is 6.42 Å². The number of thiazole rings is 1. The fourth-order valence-electron chi connectivity index (χ4n) is 1.28. The van der Waals surface area contributed by atoms with Crippen LogP contribution in [0.15, 0.2) is 29.8 Å². The number of hydrogen-bond acceptors (Lipinski definition) is 3. The summed E-state index contributed by atoms with van der Waals surface area (Å²) in [7, 11) is 0. The molecule has 0 saturated heterocycles. The zero-order valence-electron chi connectivity index (χ0n) is 8.11. The third-order valence-electron chi connectivity index (χ3n) is 2.02. The minimum Gasteiger partial charge on any atom is -0.294 e. The highest BCUT2D eigenvalue weighted by Crippen LogP contribution is 2.20. The van der Waals surface area contributed by atoms with E-state index in [1.807, 2.05) is 11.4 Å². The third kappa shape index (κ3) is 2.81. The lowest BCUT2D eigenvalue weighted by atomic mass is 10.1. The molecule has 0 unspecified atom stereocenters. The van der Waals surface area contributed by atoms with Crippen molar-refractivity contribution in [3.63, 3.8) is 0 Å². The molecule has 0 spiro atoms. The van der Waals surface area contributed by atoms with Gasteiger partial charge in [0.1, 0.15) is 5.01 Å². The van der Waals surface area contributed by atoms with Crippen LogP contribution in [0.3, 0.4) is 0 Å². The molecule has 0 aliphatic carbocycles. The number of rotatable bonds is 3. The van der Waals surface area contributed by atoms with Crippen molar-refractivity contribution < 1.29 is 4.79 Å². The van der Waals surface area contributed by atoms with E-state index in [-0.39, 0.29) is 5.78 Å². The molecule has 0 atom stereocenters. The van der Waals surface area contributed by atoms with E-state index in [0.29, 0.717) is 17.0 Å². The third-order valence-corrected chi connectivity index (χ3v) is 3.98. The van der Waals surface area contributed by atoms with Crippen molar-refractivity contribution in [1.29, 1.82) is 0 Å². The second kappa shape index (κ2) is 5.25. The molecule has 1 aromatic heterocycles. The number of ketones is 1. The summed E-state index contributed by atoms with van der Waals surface area (Å²) in [4.78, 5) is 16.1. The second-order valence-electron chi connectivity index (χ2n) is 3.15. The Morgan fingerprint density at radius 3 is 3.00 bits per heavy atom. The van der Waals surface area contributed by atoms with Crippen molar-refractivity contribution in [1.82, 2.24) is 4.98 Å². The summed E-state index contributed by atoms with van der Waals surface area (Å²) in [6.07, 6.45) is 2.05. The van der Waals surface area contributed by atoms with Gasteiger partial charge in [0, 0.05) is 25.7 Å². The number of carbonyl (C=O) groups is 1. The molecule has 0 N–H and O–H groups in total. The SMILES string of the molecule is O=C(Cc1nccs1)c1cc(Cl)ccc1I. The Balaban J connectivity index is 2.24. The quantitative estimate of drug-likeness (QED) is 0.613. The maximum absolute atomic E-state index is 12.0. The van der Waals surface area contributed by atoms with Gasteiger partial charge in [0.25, 0.3) is 0 Å². The van der Waals surface area contributed by atoms with Crippen molar-refractivity contribution in [2.75, 3.05) is 0 Å². The van der Waals surface area contributed by atoms with Crippen LogP contribution < -0.4 is 0 Å². The van der Waals surface area contributed by atoms with Gasteiger partial charge < -0.3 is 0 Å². The fraction of sp³-hybridized carbons (Fsp3) is 0.0909. The molecule has 16 heavy (non-hydrogen) atoms. The van der Waals surface area contributed by atoms with E-state index in [1.54, 1.807) is 18.3 Å². The molecule has 0 saturated carbocycles. The smallest absolute Gasteiger partial charge is 0.170 e. The Labute approximate surface area is 116 Å². The Morgan fingerprint density at radius 2 is 2.31 bits per heavy atom. The summed E-state index contributed by atoms with van der Waals surface area (Å²) < 4.78 is 0.920. The molecular weight excluding hydrogens is 357 g/mol. The van der Waals surface area contributed by atoms with Gasteiger partial charge in [0.05, 0.1) is 6.42 Å². The van der Waals surface area contributed by atoms with Gasteiger partial charge in [-0.1, -0.05) is 11.6 Å². The van der Waals surface area contributed by atoms with Gasteiger partial charge in [-0.2, -0.15) is 0 Å². The predicted molar refractivity (Wildman–Crippen MR) is 74.3 cm³/mol. The molecule has 1 aromatic carbocycles. The summed E-state index contributed by atoms with van der Waals surface area (Å²) in [6.45, 7) is 0. The van der Waals surface area contributed by atoms with Crippen molar-refractivity contribution >= 4 is 51.3 Å². The van der Waals surface area contributed by atoms with Gasteiger partial charge in [-0.15, -0.1) is 11.3 Å². The second-order valence-corrected chi connectivity index (χ2v) is 5.73. The first-order chi connectivity index (χ1) is 7.66. The number of halogens is 2. The Bertz CT molecular complexity index is 513. The average Bonchev–Trinajstić information content (AvgIpc) is 2.74. The first-order valence-corrected chi connectivity index (χ1v) is 6.87. The monoisotopic (exact) mass is 363 g/mol. The highest BCUT2D eigenvalue weighted by Gasteiger charge is 2.12. The van der Waals surface area contributed by atoms with Crippen LogP contribution in [-0.4, -0.2) is 10.8 Å². The number of carbonyl (C=O) groups excluding carboxylic acids is 1. The van der Waals surface area contributed by atoms with E-state index < -0.39 is 0 Å². The Morgan fingerprint density at radius 1 is 1.50 bits per heavy atom. The lowest BCUT2D eigenvalue weighted by Crippen LogP contribution is -2.05. The number of hydrogen-bond donors (Lipinski definition) is 0. The molecule has 2 rings (SSSR count). The number of nitrogens with zero attached hydrogens (tertiary/aromatic N) is 1. The van der Waals surface area contributed by atoms with Crippen LogP contribution in [0.4, 0.5) is 0 Å². The molecule has 0 bridgehead atoms. The summed E-state index contributed by atoms with van der Waals surface area (Å²) in [6, 6.07) is 5.33. The van der Waals surface area contributed by atoms with E-state index in [2.05, 4.69) is 27.6 Å². The van der Waals surface area contributed by atoms with Crippen LogP contribution in [0.1, 0.15) is 15.4 Å². The maximum atomic E-state index is 12.0. The molecule has 0 amide bonds. The summed E-state index contributed by atoms with van der Waals surface area (Å²) in [5.41, 5.74) is 0.670. The summed E-state index contributed by atoms with van der Waals surface area (Å²) in [5.74, 6) is 0.0573. The minimum absolute atomic E-state index is 0.0573. The summed E-state index contributed by atoms with van der Waals surface area (Å²) >= 11 is 9.50. The maximum Gasteiger partial charge on any atom is 0.170 e. The van der Waals surface area contributed by atoms with Crippen molar-refractivity contribution in [2.24, 2.45) is 0 Å². The van der Waals surface area contributed by atoms with Crippen LogP contribution >= 0.6 is 45.5 Å². The van der Waals surface area contributed by atoms with E-state index in [0.717, 1.165) is 8.58 Å². The van der Waals surface area contributed by atoms with Crippen LogP contribution in [0.2, 0.25) is 5.02 Å².